The topological polar surface area (TPSA) is 72.1 Å². The minimum absolute atomic E-state index is 0.00226. The highest BCUT2D eigenvalue weighted by Gasteiger charge is 2.41. The van der Waals surface area contributed by atoms with Crippen molar-refractivity contribution in [2.24, 2.45) is 0 Å². The predicted octanol–water partition coefficient (Wildman–Crippen LogP) is 2.33. The van der Waals surface area contributed by atoms with Gasteiger partial charge in [-0.3, -0.25) is 9.48 Å². The molecule has 3 heterocycles. The van der Waals surface area contributed by atoms with Crippen LogP contribution in [0.15, 0.2) is 47.1 Å². The molecule has 6 heteroatoms. The second-order valence-corrected chi connectivity index (χ2v) is 6.56. The fraction of sp³-hybridized carbons (Fsp3) is 0.368. The first-order valence-corrected chi connectivity index (χ1v) is 8.67. The van der Waals surface area contributed by atoms with Crippen molar-refractivity contribution in [1.29, 1.82) is 0 Å². The number of carbonyl (C=O) groups excluding carboxylic acids is 1. The van der Waals surface area contributed by atoms with Crippen molar-refractivity contribution in [1.82, 2.24) is 20.4 Å². The van der Waals surface area contributed by atoms with Gasteiger partial charge in [0.2, 0.25) is 5.91 Å². The summed E-state index contributed by atoms with van der Waals surface area (Å²) in [5, 5.41) is 11.8. The van der Waals surface area contributed by atoms with Gasteiger partial charge in [-0.1, -0.05) is 18.2 Å². The second-order valence-electron chi connectivity index (χ2n) is 6.56. The molecule has 0 bridgehead atoms. The molecule has 25 heavy (non-hydrogen) atoms. The summed E-state index contributed by atoms with van der Waals surface area (Å²) in [5.41, 5.74) is 1.30. The molecule has 2 N–H and O–H groups in total. The van der Waals surface area contributed by atoms with E-state index < -0.39 is 5.54 Å². The first kappa shape index (κ1) is 15.9. The lowest BCUT2D eigenvalue weighted by Crippen LogP contribution is -2.54. The number of furan rings is 1. The van der Waals surface area contributed by atoms with Crippen LogP contribution in [0.3, 0.4) is 0 Å². The van der Waals surface area contributed by atoms with E-state index in [1.54, 1.807) is 10.9 Å². The number of hydrogen-bond donors (Lipinski definition) is 2. The monoisotopic (exact) mass is 338 g/mol. The van der Waals surface area contributed by atoms with Crippen LogP contribution >= 0.6 is 0 Å². The Morgan fingerprint density at radius 3 is 2.84 bits per heavy atom. The Kier molecular flexibility index (Phi) is 4.05. The highest BCUT2D eigenvalue weighted by Crippen LogP contribution is 2.28. The molecule has 0 unspecified atom stereocenters. The largest absolute Gasteiger partial charge is 0.459 e. The van der Waals surface area contributed by atoms with Crippen molar-refractivity contribution in [2.45, 2.75) is 31.8 Å². The second kappa shape index (κ2) is 6.37. The molecule has 130 valence electrons. The van der Waals surface area contributed by atoms with Crippen molar-refractivity contribution in [3.05, 3.63) is 54.0 Å². The standard InChI is InChI=1S/C19H22N4O2/c1-14-15-5-2-3-6-16(15)25-17(14)13-21-18(24)19(7-10-20-11-8-19)23-12-4-9-22-23/h2-6,9,12,20H,7-8,10-11,13H2,1H3,(H,21,24). The van der Waals surface area contributed by atoms with Gasteiger partial charge in [0.15, 0.2) is 0 Å². The van der Waals surface area contributed by atoms with Crippen LogP contribution in [-0.4, -0.2) is 28.8 Å². The summed E-state index contributed by atoms with van der Waals surface area (Å²) >= 11 is 0. The third kappa shape index (κ3) is 2.72. The van der Waals surface area contributed by atoms with Gasteiger partial charge in [0.05, 0.1) is 6.54 Å². The summed E-state index contributed by atoms with van der Waals surface area (Å²) in [6.07, 6.45) is 5.04. The fourth-order valence-electron chi connectivity index (χ4n) is 3.64. The molecular weight excluding hydrogens is 316 g/mol. The summed E-state index contributed by atoms with van der Waals surface area (Å²) in [6, 6.07) is 9.80. The van der Waals surface area contributed by atoms with E-state index in [-0.39, 0.29) is 5.91 Å². The molecule has 0 aliphatic carbocycles. The molecule has 6 nitrogen and oxygen atoms in total. The number of nitrogens with one attached hydrogen (secondary N) is 2. The molecule has 2 aromatic heterocycles. The quantitative estimate of drug-likeness (QED) is 0.766. The predicted molar refractivity (Wildman–Crippen MR) is 95.1 cm³/mol. The van der Waals surface area contributed by atoms with Gasteiger partial charge in [-0.15, -0.1) is 0 Å². The Balaban J connectivity index is 1.56. The van der Waals surface area contributed by atoms with E-state index in [4.69, 9.17) is 4.42 Å². The number of hydrogen-bond acceptors (Lipinski definition) is 4. The fourth-order valence-corrected chi connectivity index (χ4v) is 3.64. The van der Waals surface area contributed by atoms with Crippen LogP contribution < -0.4 is 10.6 Å². The Morgan fingerprint density at radius 2 is 2.12 bits per heavy atom. The number of fused-ring (bicyclic) bond motifs is 1. The third-order valence-corrected chi connectivity index (χ3v) is 5.15. The van der Waals surface area contributed by atoms with Crippen LogP contribution in [0.5, 0.6) is 0 Å². The number of carbonyl (C=O) groups is 1. The number of para-hydroxylation sites is 1. The average Bonchev–Trinajstić information content (AvgIpc) is 3.30. The van der Waals surface area contributed by atoms with Gasteiger partial charge in [0.1, 0.15) is 16.9 Å². The molecular formula is C19H22N4O2. The first-order chi connectivity index (χ1) is 12.2. The van der Waals surface area contributed by atoms with Crippen LogP contribution in [0.1, 0.15) is 24.2 Å². The van der Waals surface area contributed by atoms with E-state index in [0.29, 0.717) is 6.54 Å². The molecule has 1 fully saturated rings. The Bertz CT molecular complexity index is 876. The molecule has 3 aromatic rings. The lowest BCUT2D eigenvalue weighted by atomic mass is 9.87. The minimum atomic E-state index is -0.630. The number of aromatic nitrogens is 2. The van der Waals surface area contributed by atoms with E-state index in [2.05, 4.69) is 15.7 Å². The van der Waals surface area contributed by atoms with E-state index >= 15 is 0 Å². The van der Waals surface area contributed by atoms with Crippen LogP contribution in [-0.2, 0) is 16.9 Å². The summed E-state index contributed by atoms with van der Waals surface area (Å²) < 4.78 is 7.71. The Labute approximate surface area is 146 Å². The van der Waals surface area contributed by atoms with Crippen LogP contribution in [0, 0.1) is 6.92 Å². The SMILES string of the molecule is Cc1c(CNC(=O)C2(n3cccn3)CCNCC2)oc2ccccc12. The van der Waals surface area contributed by atoms with Crippen molar-refractivity contribution in [3.8, 4) is 0 Å². The molecule has 0 saturated carbocycles. The van der Waals surface area contributed by atoms with Gasteiger partial charge >= 0.3 is 0 Å². The van der Waals surface area contributed by atoms with Crippen molar-refractivity contribution in [3.63, 3.8) is 0 Å². The van der Waals surface area contributed by atoms with E-state index in [0.717, 1.165) is 48.2 Å². The normalized spacial score (nSPS) is 16.8. The van der Waals surface area contributed by atoms with Gasteiger partial charge < -0.3 is 15.1 Å². The van der Waals surface area contributed by atoms with Gasteiger partial charge in [-0.2, -0.15) is 5.10 Å². The van der Waals surface area contributed by atoms with Crippen LogP contribution in [0.25, 0.3) is 11.0 Å². The van der Waals surface area contributed by atoms with Gasteiger partial charge in [-0.25, -0.2) is 0 Å². The number of nitrogens with zero attached hydrogens (tertiary/aromatic N) is 2. The van der Waals surface area contributed by atoms with Gasteiger partial charge in [0.25, 0.3) is 0 Å². The van der Waals surface area contributed by atoms with E-state index in [9.17, 15) is 4.79 Å². The van der Waals surface area contributed by atoms with E-state index in [1.807, 2.05) is 43.5 Å². The molecule has 1 amide bonds. The highest BCUT2D eigenvalue weighted by atomic mass is 16.3. The zero-order valence-electron chi connectivity index (χ0n) is 14.3. The minimum Gasteiger partial charge on any atom is -0.459 e. The van der Waals surface area contributed by atoms with Gasteiger partial charge in [-0.05, 0) is 45.0 Å². The summed E-state index contributed by atoms with van der Waals surface area (Å²) in [6.45, 7) is 4.02. The summed E-state index contributed by atoms with van der Waals surface area (Å²) in [4.78, 5) is 13.1. The Hall–Kier alpha value is -2.60. The third-order valence-electron chi connectivity index (χ3n) is 5.15. The number of rotatable bonds is 4. The molecule has 4 rings (SSSR count). The maximum Gasteiger partial charge on any atom is 0.248 e. The molecule has 1 aliphatic heterocycles. The number of aryl methyl sites for hydroxylation is 1. The maximum absolute atomic E-state index is 13.1. The molecule has 1 aromatic carbocycles. The number of benzene rings is 1. The lowest BCUT2D eigenvalue weighted by Gasteiger charge is -2.36. The summed E-state index contributed by atoms with van der Waals surface area (Å²) in [7, 11) is 0. The lowest BCUT2D eigenvalue weighted by molar-refractivity contribution is -0.132. The van der Waals surface area contributed by atoms with E-state index in [1.165, 1.54) is 0 Å². The van der Waals surface area contributed by atoms with Crippen molar-refractivity contribution < 1.29 is 9.21 Å². The summed E-state index contributed by atoms with van der Waals surface area (Å²) in [5.74, 6) is 0.802. The zero-order valence-corrected chi connectivity index (χ0v) is 14.3. The highest BCUT2D eigenvalue weighted by molar-refractivity contribution is 5.85. The van der Waals surface area contributed by atoms with Gasteiger partial charge in [0, 0.05) is 23.3 Å². The average molecular weight is 338 g/mol. The van der Waals surface area contributed by atoms with Crippen LogP contribution in [0.2, 0.25) is 0 Å². The van der Waals surface area contributed by atoms with Crippen LogP contribution in [0.4, 0.5) is 0 Å². The maximum atomic E-state index is 13.1. The first-order valence-electron chi connectivity index (χ1n) is 8.67. The Morgan fingerprint density at radius 1 is 1.32 bits per heavy atom. The number of piperidine rings is 1. The molecule has 0 spiro atoms. The van der Waals surface area contributed by atoms with Crippen molar-refractivity contribution in [2.75, 3.05) is 13.1 Å². The smallest absolute Gasteiger partial charge is 0.248 e. The molecule has 0 atom stereocenters. The van der Waals surface area contributed by atoms with Crippen molar-refractivity contribution >= 4 is 16.9 Å². The number of amides is 1. The molecule has 1 aliphatic rings. The zero-order chi connectivity index (χ0) is 17.3. The molecule has 0 radical (unpaired) electrons. The molecule has 1 saturated heterocycles.